The molecular formula is C26H32N2O4. The Bertz CT molecular complexity index is 914. The fourth-order valence-corrected chi connectivity index (χ4v) is 3.96. The number of likely N-dealkylation sites (tertiary alicyclic amines) is 1. The second kappa shape index (κ2) is 11.4. The largest absolute Gasteiger partial charge is 0.508 e. The maximum Gasteiger partial charge on any atom is 0.244 e. The molecule has 2 aromatic rings. The van der Waals surface area contributed by atoms with Crippen LogP contribution in [-0.2, 0) is 16.0 Å². The molecule has 1 heterocycles. The highest BCUT2D eigenvalue weighted by molar-refractivity contribution is 5.95. The minimum atomic E-state index is -0.559. The van der Waals surface area contributed by atoms with E-state index in [-0.39, 0.29) is 17.6 Å². The van der Waals surface area contributed by atoms with Gasteiger partial charge >= 0.3 is 0 Å². The van der Waals surface area contributed by atoms with E-state index in [1.54, 1.807) is 32.2 Å². The van der Waals surface area contributed by atoms with Gasteiger partial charge in [0.25, 0.3) is 0 Å². The van der Waals surface area contributed by atoms with Crippen molar-refractivity contribution >= 4 is 17.9 Å². The van der Waals surface area contributed by atoms with Gasteiger partial charge in [0.05, 0.1) is 7.11 Å². The molecule has 1 fully saturated rings. The molecule has 0 saturated carbocycles. The molecule has 3 rings (SSSR count). The standard InChI is InChI=1S/C26H32N2O4/c1-19(27-25(30)14-9-21-7-12-24(32-2)13-8-21)26(31)28-17-15-22(16-18-28)4-3-20-5-10-23(29)11-6-20/h5-14,19,22,29H,3-4,15-18H2,1-2H3,(H,27,30)/b14-9+. The molecule has 1 unspecified atom stereocenters. The van der Waals surface area contributed by atoms with Gasteiger partial charge in [0.15, 0.2) is 0 Å². The van der Waals surface area contributed by atoms with E-state index in [1.165, 1.54) is 11.6 Å². The first-order valence-corrected chi connectivity index (χ1v) is 11.1. The number of amides is 2. The Morgan fingerprint density at radius 3 is 2.41 bits per heavy atom. The van der Waals surface area contributed by atoms with Crippen molar-refractivity contribution in [3.8, 4) is 11.5 Å². The third-order valence-corrected chi connectivity index (χ3v) is 5.98. The smallest absolute Gasteiger partial charge is 0.244 e. The van der Waals surface area contributed by atoms with E-state index >= 15 is 0 Å². The van der Waals surface area contributed by atoms with Crippen molar-refractivity contribution < 1.29 is 19.4 Å². The van der Waals surface area contributed by atoms with E-state index in [2.05, 4.69) is 5.32 Å². The van der Waals surface area contributed by atoms with Crippen LogP contribution in [0.3, 0.4) is 0 Å². The zero-order valence-corrected chi connectivity index (χ0v) is 18.8. The Morgan fingerprint density at radius 2 is 1.78 bits per heavy atom. The zero-order chi connectivity index (χ0) is 22.9. The van der Waals surface area contributed by atoms with Gasteiger partial charge in [-0.25, -0.2) is 0 Å². The topological polar surface area (TPSA) is 78.9 Å². The highest BCUT2D eigenvalue weighted by Crippen LogP contribution is 2.23. The van der Waals surface area contributed by atoms with Crippen molar-refractivity contribution in [2.24, 2.45) is 5.92 Å². The molecule has 170 valence electrons. The van der Waals surface area contributed by atoms with Crippen LogP contribution in [0.2, 0.25) is 0 Å². The molecule has 32 heavy (non-hydrogen) atoms. The average Bonchev–Trinajstić information content (AvgIpc) is 2.82. The van der Waals surface area contributed by atoms with Gasteiger partial charge in [-0.2, -0.15) is 0 Å². The summed E-state index contributed by atoms with van der Waals surface area (Å²) in [6, 6.07) is 14.2. The third-order valence-electron chi connectivity index (χ3n) is 5.98. The van der Waals surface area contributed by atoms with E-state index in [0.29, 0.717) is 5.92 Å². The van der Waals surface area contributed by atoms with E-state index < -0.39 is 6.04 Å². The number of benzene rings is 2. The maximum absolute atomic E-state index is 12.7. The van der Waals surface area contributed by atoms with Crippen LogP contribution in [-0.4, -0.2) is 48.1 Å². The summed E-state index contributed by atoms with van der Waals surface area (Å²) in [7, 11) is 1.61. The summed E-state index contributed by atoms with van der Waals surface area (Å²) < 4.78 is 5.12. The molecule has 1 aliphatic rings. The predicted octanol–water partition coefficient (Wildman–Crippen LogP) is 3.79. The number of hydrogen-bond donors (Lipinski definition) is 2. The maximum atomic E-state index is 12.7. The van der Waals surface area contributed by atoms with Crippen LogP contribution in [0.1, 0.15) is 37.3 Å². The number of aromatic hydroxyl groups is 1. The normalized spacial score (nSPS) is 15.5. The molecule has 0 spiro atoms. The number of carbonyl (C=O) groups excluding carboxylic acids is 2. The first-order chi connectivity index (χ1) is 15.4. The lowest BCUT2D eigenvalue weighted by Crippen LogP contribution is -2.49. The average molecular weight is 437 g/mol. The first-order valence-electron chi connectivity index (χ1n) is 11.1. The van der Waals surface area contributed by atoms with Crippen LogP contribution >= 0.6 is 0 Å². The van der Waals surface area contributed by atoms with Crippen molar-refractivity contribution in [1.29, 1.82) is 0 Å². The van der Waals surface area contributed by atoms with Gasteiger partial charge in [-0.15, -0.1) is 0 Å². The number of carbonyl (C=O) groups is 2. The molecule has 2 aromatic carbocycles. The highest BCUT2D eigenvalue weighted by Gasteiger charge is 2.26. The van der Waals surface area contributed by atoms with Crippen LogP contribution in [0.4, 0.5) is 0 Å². The van der Waals surface area contributed by atoms with Crippen LogP contribution in [0, 0.1) is 5.92 Å². The van der Waals surface area contributed by atoms with Gasteiger partial charge in [-0.1, -0.05) is 24.3 Å². The zero-order valence-electron chi connectivity index (χ0n) is 18.8. The quantitative estimate of drug-likeness (QED) is 0.617. The second-order valence-electron chi connectivity index (χ2n) is 8.31. The Kier molecular flexibility index (Phi) is 8.31. The number of nitrogens with one attached hydrogen (secondary N) is 1. The molecule has 0 radical (unpaired) electrons. The second-order valence-corrected chi connectivity index (χ2v) is 8.31. The number of ether oxygens (including phenoxy) is 1. The van der Waals surface area contributed by atoms with Gasteiger partial charge in [-0.05, 0) is 80.0 Å². The summed E-state index contributed by atoms with van der Waals surface area (Å²) in [5.41, 5.74) is 2.11. The van der Waals surface area contributed by atoms with Crippen LogP contribution in [0.5, 0.6) is 11.5 Å². The number of phenols is 1. The van der Waals surface area contributed by atoms with Crippen molar-refractivity contribution in [2.45, 2.75) is 38.6 Å². The minimum absolute atomic E-state index is 0.0341. The van der Waals surface area contributed by atoms with Gasteiger partial charge in [0.1, 0.15) is 17.5 Å². The van der Waals surface area contributed by atoms with Gasteiger partial charge in [0.2, 0.25) is 11.8 Å². The summed E-state index contributed by atoms with van der Waals surface area (Å²) in [5.74, 6) is 1.32. The van der Waals surface area contributed by atoms with Gasteiger partial charge < -0.3 is 20.1 Å². The molecule has 0 aliphatic carbocycles. The van der Waals surface area contributed by atoms with E-state index in [1.807, 2.05) is 41.3 Å². The number of phenolic OH excluding ortho intramolecular Hbond substituents is 1. The van der Waals surface area contributed by atoms with E-state index in [9.17, 15) is 14.7 Å². The van der Waals surface area contributed by atoms with E-state index in [0.717, 1.165) is 50.1 Å². The monoisotopic (exact) mass is 436 g/mol. The van der Waals surface area contributed by atoms with Crippen LogP contribution < -0.4 is 10.1 Å². The summed E-state index contributed by atoms with van der Waals surface area (Å²) in [5, 5.41) is 12.2. The molecule has 2 amide bonds. The molecule has 1 atom stereocenters. The minimum Gasteiger partial charge on any atom is -0.508 e. The van der Waals surface area contributed by atoms with Crippen LogP contribution in [0.15, 0.2) is 54.6 Å². The number of aryl methyl sites for hydroxylation is 1. The third kappa shape index (κ3) is 6.87. The summed E-state index contributed by atoms with van der Waals surface area (Å²) in [6.07, 6.45) is 7.16. The highest BCUT2D eigenvalue weighted by atomic mass is 16.5. The summed E-state index contributed by atoms with van der Waals surface area (Å²) in [6.45, 7) is 3.18. The number of methoxy groups -OCH3 is 1. The molecule has 0 aromatic heterocycles. The lowest BCUT2D eigenvalue weighted by atomic mass is 9.90. The van der Waals surface area contributed by atoms with Gasteiger partial charge in [-0.3, -0.25) is 9.59 Å². The van der Waals surface area contributed by atoms with Crippen molar-refractivity contribution in [2.75, 3.05) is 20.2 Å². The number of piperidine rings is 1. The number of hydrogen-bond acceptors (Lipinski definition) is 4. The molecule has 0 bridgehead atoms. The summed E-state index contributed by atoms with van der Waals surface area (Å²) >= 11 is 0. The Morgan fingerprint density at radius 1 is 1.12 bits per heavy atom. The Balaban J connectivity index is 1.40. The van der Waals surface area contributed by atoms with E-state index in [4.69, 9.17) is 4.74 Å². The Hall–Kier alpha value is -3.28. The molecule has 1 aliphatic heterocycles. The predicted molar refractivity (Wildman–Crippen MR) is 125 cm³/mol. The number of rotatable bonds is 8. The fourth-order valence-electron chi connectivity index (χ4n) is 3.96. The van der Waals surface area contributed by atoms with Crippen LogP contribution in [0.25, 0.3) is 6.08 Å². The van der Waals surface area contributed by atoms with Crippen molar-refractivity contribution in [1.82, 2.24) is 10.2 Å². The van der Waals surface area contributed by atoms with Crippen molar-refractivity contribution in [3.63, 3.8) is 0 Å². The lowest BCUT2D eigenvalue weighted by Gasteiger charge is -2.33. The fraction of sp³-hybridized carbons (Fsp3) is 0.385. The van der Waals surface area contributed by atoms with Gasteiger partial charge in [0, 0.05) is 19.2 Å². The molecule has 2 N–H and O–H groups in total. The Labute approximate surface area is 189 Å². The molecule has 1 saturated heterocycles. The molecule has 6 nitrogen and oxygen atoms in total. The SMILES string of the molecule is COc1ccc(/C=C/C(=O)NC(C)C(=O)N2CCC(CCc3ccc(O)cc3)CC2)cc1. The lowest BCUT2D eigenvalue weighted by molar-refractivity contribution is -0.136. The number of nitrogens with zero attached hydrogens (tertiary/aromatic N) is 1. The first kappa shape index (κ1) is 23.4. The summed E-state index contributed by atoms with van der Waals surface area (Å²) in [4.78, 5) is 26.8. The van der Waals surface area contributed by atoms with Crippen molar-refractivity contribution in [3.05, 3.63) is 65.7 Å². The molecule has 6 heteroatoms. The molecular weight excluding hydrogens is 404 g/mol.